The van der Waals surface area contributed by atoms with Gasteiger partial charge in [0.15, 0.2) is 10.8 Å². The zero-order valence-electron chi connectivity index (χ0n) is 8.70. The number of hydrogen-bond donors (Lipinski definition) is 1. The number of aromatic nitrogens is 1. The molecular formula is C10H15NO2S. The first-order valence-electron chi connectivity index (χ1n) is 4.65. The average molecular weight is 213 g/mol. The number of aliphatic hydroxyl groups excluding tert-OH is 1. The van der Waals surface area contributed by atoms with Crippen LogP contribution in [0.5, 0.6) is 0 Å². The summed E-state index contributed by atoms with van der Waals surface area (Å²) in [5.74, 6) is 0.428. The Bertz CT molecular complexity index is 331. The van der Waals surface area contributed by atoms with Crippen molar-refractivity contribution in [1.82, 2.24) is 4.98 Å². The first kappa shape index (κ1) is 11.3. The topological polar surface area (TPSA) is 50.2 Å². The maximum absolute atomic E-state index is 11.6. The summed E-state index contributed by atoms with van der Waals surface area (Å²) in [6, 6.07) is 0. The minimum Gasteiger partial charge on any atom is -0.391 e. The highest BCUT2D eigenvalue weighted by molar-refractivity contribution is 7.13. The monoisotopic (exact) mass is 213 g/mol. The number of carbonyl (C=O) groups is 1. The zero-order valence-corrected chi connectivity index (χ0v) is 9.52. The highest BCUT2D eigenvalue weighted by Crippen LogP contribution is 2.20. The Hall–Kier alpha value is -0.740. The van der Waals surface area contributed by atoms with Crippen molar-refractivity contribution in [3.8, 4) is 0 Å². The van der Waals surface area contributed by atoms with E-state index in [1.165, 1.54) is 11.3 Å². The summed E-state index contributed by atoms with van der Waals surface area (Å²) in [5.41, 5.74) is 0.768. The van der Waals surface area contributed by atoms with Crippen LogP contribution in [0.25, 0.3) is 0 Å². The van der Waals surface area contributed by atoms with Gasteiger partial charge < -0.3 is 5.11 Å². The molecule has 1 N–H and O–H groups in total. The van der Waals surface area contributed by atoms with Crippen LogP contribution in [0, 0.1) is 12.8 Å². The molecule has 0 saturated carbocycles. The number of thiazole rings is 1. The smallest absolute Gasteiger partial charge is 0.191 e. The van der Waals surface area contributed by atoms with Crippen LogP contribution < -0.4 is 0 Å². The summed E-state index contributed by atoms with van der Waals surface area (Å²) in [4.78, 5) is 16.5. The molecule has 14 heavy (non-hydrogen) atoms. The van der Waals surface area contributed by atoms with E-state index >= 15 is 0 Å². The lowest BCUT2D eigenvalue weighted by Crippen LogP contribution is -2.02. The van der Waals surface area contributed by atoms with Crippen molar-refractivity contribution in [2.45, 2.75) is 33.8 Å². The Balaban J connectivity index is 2.80. The third kappa shape index (κ3) is 2.62. The van der Waals surface area contributed by atoms with Crippen LogP contribution in [-0.4, -0.2) is 15.9 Å². The van der Waals surface area contributed by atoms with Crippen molar-refractivity contribution in [2.75, 3.05) is 0 Å². The van der Waals surface area contributed by atoms with Crippen molar-refractivity contribution in [2.24, 2.45) is 5.92 Å². The van der Waals surface area contributed by atoms with E-state index < -0.39 is 0 Å². The number of aryl methyl sites for hydroxylation is 1. The second-order valence-corrected chi connectivity index (χ2v) is 4.79. The van der Waals surface area contributed by atoms with Crippen LogP contribution >= 0.6 is 11.3 Å². The normalized spacial score (nSPS) is 10.9. The molecule has 1 aromatic heterocycles. The summed E-state index contributed by atoms with van der Waals surface area (Å²) in [6.07, 6.45) is 0.526. The first-order valence-corrected chi connectivity index (χ1v) is 5.46. The van der Waals surface area contributed by atoms with E-state index in [4.69, 9.17) is 5.11 Å². The fourth-order valence-electron chi connectivity index (χ4n) is 1.15. The van der Waals surface area contributed by atoms with Crippen molar-refractivity contribution in [1.29, 1.82) is 0 Å². The van der Waals surface area contributed by atoms with Crippen molar-refractivity contribution in [3.63, 3.8) is 0 Å². The third-order valence-electron chi connectivity index (χ3n) is 1.87. The summed E-state index contributed by atoms with van der Waals surface area (Å²) < 4.78 is 0. The summed E-state index contributed by atoms with van der Waals surface area (Å²) in [5, 5.41) is 9.48. The number of hydrogen-bond acceptors (Lipinski definition) is 4. The van der Waals surface area contributed by atoms with Gasteiger partial charge in [-0.25, -0.2) is 4.98 Å². The van der Waals surface area contributed by atoms with E-state index in [-0.39, 0.29) is 12.4 Å². The highest BCUT2D eigenvalue weighted by atomic mass is 32.1. The van der Waals surface area contributed by atoms with Gasteiger partial charge in [-0.05, 0) is 12.8 Å². The molecule has 3 nitrogen and oxygen atoms in total. The van der Waals surface area contributed by atoms with Gasteiger partial charge in [0.1, 0.15) is 0 Å². The Kier molecular flexibility index (Phi) is 3.77. The number of aliphatic hydroxyl groups is 1. The molecule has 1 heterocycles. The molecular weight excluding hydrogens is 198 g/mol. The van der Waals surface area contributed by atoms with Crippen LogP contribution in [0.4, 0.5) is 0 Å². The minimum atomic E-state index is -0.0293. The number of Topliss-reactive ketones (excluding diaryl/α,β-unsaturated/α-hetero) is 1. The van der Waals surface area contributed by atoms with Gasteiger partial charge in [-0.2, -0.15) is 0 Å². The first-order chi connectivity index (χ1) is 6.54. The molecule has 0 spiro atoms. The minimum absolute atomic E-state index is 0.0293. The summed E-state index contributed by atoms with van der Waals surface area (Å²) >= 11 is 1.30. The lowest BCUT2D eigenvalue weighted by molar-refractivity contribution is 0.0967. The molecule has 0 radical (unpaired) electrons. The predicted octanol–water partition coefficient (Wildman–Crippen LogP) is 2.17. The SMILES string of the molecule is Cc1nc(C(=O)CC(C)C)sc1CO. The Morgan fingerprint density at radius 3 is 2.64 bits per heavy atom. The molecule has 0 aliphatic heterocycles. The van der Waals surface area contributed by atoms with Gasteiger partial charge in [-0.1, -0.05) is 13.8 Å². The number of carbonyl (C=O) groups excluding carboxylic acids is 1. The van der Waals surface area contributed by atoms with E-state index in [2.05, 4.69) is 4.98 Å². The Morgan fingerprint density at radius 1 is 1.57 bits per heavy atom. The Morgan fingerprint density at radius 2 is 2.21 bits per heavy atom. The van der Waals surface area contributed by atoms with Gasteiger partial charge in [0.05, 0.1) is 17.2 Å². The second-order valence-electron chi connectivity index (χ2n) is 3.71. The molecule has 0 atom stereocenters. The fourth-order valence-corrected chi connectivity index (χ4v) is 2.02. The average Bonchev–Trinajstić information content (AvgIpc) is 2.45. The van der Waals surface area contributed by atoms with Gasteiger partial charge in [0, 0.05) is 6.42 Å². The van der Waals surface area contributed by atoms with Crippen molar-refractivity contribution < 1.29 is 9.90 Å². The van der Waals surface area contributed by atoms with Crippen LogP contribution in [0.15, 0.2) is 0 Å². The van der Waals surface area contributed by atoms with Crippen LogP contribution in [-0.2, 0) is 6.61 Å². The van der Waals surface area contributed by atoms with Gasteiger partial charge in [-0.3, -0.25) is 4.79 Å². The number of ketones is 1. The quantitative estimate of drug-likeness (QED) is 0.780. The van der Waals surface area contributed by atoms with Crippen LogP contribution in [0.1, 0.15) is 40.6 Å². The largest absolute Gasteiger partial charge is 0.391 e. The number of rotatable bonds is 4. The highest BCUT2D eigenvalue weighted by Gasteiger charge is 2.14. The maximum atomic E-state index is 11.6. The van der Waals surface area contributed by atoms with Crippen LogP contribution in [0.3, 0.4) is 0 Å². The van der Waals surface area contributed by atoms with E-state index in [0.717, 1.165) is 10.6 Å². The molecule has 1 rings (SSSR count). The van der Waals surface area contributed by atoms with E-state index in [0.29, 0.717) is 17.3 Å². The fraction of sp³-hybridized carbons (Fsp3) is 0.600. The molecule has 0 unspecified atom stereocenters. The molecule has 0 bridgehead atoms. The lowest BCUT2D eigenvalue weighted by atomic mass is 10.1. The summed E-state index contributed by atoms with van der Waals surface area (Å²) in [6.45, 7) is 5.79. The second kappa shape index (κ2) is 4.66. The zero-order chi connectivity index (χ0) is 10.7. The van der Waals surface area contributed by atoms with Gasteiger partial charge in [0.25, 0.3) is 0 Å². The van der Waals surface area contributed by atoms with Gasteiger partial charge in [0.2, 0.25) is 0 Å². The molecule has 4 heteroatoms. The van der Waals surface area contributed by atoms with Gasteiger partial charge >= 0.3 is 0 Å². The van der Waals surface area contributed by atoms with E-state index in [9.17, 15) is 4.79 Å². The van der Waals surface area contributed by atoms with E-state index in [1.54, 1.807) is 0 Å². The van der Waals surface area contributed by atoms with Crippen molar-refractivity contribution in [3.05, 3.63) is 15.6 Å². The van der Waals surface area contributed by atoms with Gasteiger partial charge in [-0.15, -0.1) is 11.3 Å². The Labute approximate surface area is 87.8 Å². The molecule has 1 aromatic rings. The third-order valence-corrected chi connectivity index (χ3v) is 3.05. The molecule has 0 aliphatic rings. The molecule has 0 aromatic carbocycles. The number of nitrogens with zero attached hydrogens (tertiary/aromatic N) is 1. The van der Waals surface area contributed by atoms with Crippen LogP contribution in [0.2, 0.25) is 0 Å². The standard InChI is InChI=1S/C10H15NO2S/c1-6(2)4-8(13)10-11-7(3)9(5-12)14-10/h6,12H,4-5H2,1-3H3. The molecule has 0 amide bonds. The predicted molar refractivity (Wildman–Crippen MR) is 56.6 cm³/mol. The molecule has 0 fully saturated rings. The van der Waals surface area contributed by atoms with E-state index in [1.807, 2.05) is 20.8 Å². The van der Waals surface area contributed by atoms with Crippen molar-refractivity contribution >= 4 is 17.1 Å². The molecule has 78 valence electrons. The lowest BCUT2D eigenvalue weighted by Gasteiger charge is -1.99. The molecule has 0 aliphatic carbocycles. The molecule has 0 saturated heterocycles. The maximum Gasteiger partial charge on any atom is 0.191 e. The summed E-state index contributed by atoms with van der Waals surface area (Å²) in [7, 11) is 0.